The predicted molar refractivity (Wildman–Crippen MR) is 74.9 cm³/mol. The molecule has 3 rings (SSSR count). The van der Waals surface area contributed by atoms with Crippen molar-refractivity contribution in [3.8, 4) is 0 Å². The highest BCUT2D eigenvalue weighted by Crippen LogP contribution is 2.34. The molecule has 1 aliphatic heterocycles. The largest absolute Gasteiger partial charge is 0.463 e. The second-order valence-electron chi connectivity index (χ2n) is 5.72. The maximum Gasteiger partial charge on any atom is 0.373 e. The van der Waals surface area contributed by atoms with Gasteiger partial charge in [0.15, 0.2) is 0 Å². The fraction of sp³-hybridized carbons (Fsp3) is 0.533. The van der Waals surface area contributed by atoms with Crippen molar-refractivity contribution in [2.75, 3.05) is 7.11 Å². The molecule has 0 aromatic carbocycles. The second-order valence-corrected chi connectivity index (χ2v) is 5.72. The van der Waals surface area contributed by atoms with Gasteiger partial charge in [0, 0.05) is 0 Å². The van der Waals surface area contributed by atoms with Crippen LogP contribution >= 0.6 is 0 Å². The first-order chi connectivity index (χ1) is 10.6. The Morgan fingerprint density at radius 3 is 2.73 bits per heavy atom. The van der Waals surface area contributed by atoms with Crippen molar-refractivity contribution >= 4 is 17.9 Å². The van der Waals surface area contributed by atoms with Crippen LogP contribution in [0.4, 0.5) is 4.79 Å². The standard InChI is InChI=1S/C15H18N2O5/c1-21-12(18)11-6-5-10(22-11)9-17-13(19)15(16-14(17)20)7-3-2-4-8-15/h5-6H,2-4,7-9H2,1H3,(H,16,20). The van der Waals surface area contributed by atoms with Crippen LogP contribution in [0, 0.1) is 0 Å². The summed E-state index contributed by atoms with van der Waals surface area (Å²) >= 11 is 0. The van der Waals surface area contributed by atoms with Crippen molar-refractivity contribution in [2.45, 2.75) is 44.2 Å². The number of hydrogen-bond acceptors (Lipinski definition) is 5. The van der Waals surface area contributed by atoms with Gasteiger partial charge in [-0.3, -0.25) is 9.69 Å². The normalized spacial score (nSPS) is 20.3. The Bertz CT molecular complexity index is 615. The molecule has 7 nitrogen and oxygen atoms in total. The molecule has 2 heterocycles. The summed E-state index contributed by atoms with van der Waals surface area (Å²) in [7, 11) is 1.26. The number of nitrogens with zero attached hydrogens (tertiary/aromatic N) is 1. The zero-order valence-electron chi connectivity index (χ0n) is 12.4. The number of hydrogen-bond donors (Lipinski definition) is 1. The van der Waals surface area contributed by atoms with Crippen LogP contribution in [0.15, 0.2) is 16.5 Å². The van der Waals surface area contributed by atoms with E-state index in [4.69, 9.17) is 4.42 Å². The molecule has 1 saturated carbocycles. The second kappa shape index (κ2) is 5.47. The van der Waals surface area contributed by atoms with Crippen molar-refractivity contribution in [1.29, 1.82) is 0 Å². The number of carbonyl (C=O) groups excluding carboxylic acids is 3. The smallest absolute Gasteiger partial charge is 0.373 e. The molecule has 2 aliphatic rings. The van der Waals surface area contributed by atoms with Gasteiger partial charge in [0.2, 0.25) is 5.76 Å². The first kappa shape index (κ1) is 14.6. The van der Waals surface area contributed by atoms with Gasteiger partial charge in [0.05, 0.1) is 13.7 Å². The Balaban J connectivity index is 1.75. The summed E-state index contributed by atoms with van der Waals surface area (Å²) in [6.45, 7) is 0.0173. The van der Waals surface area contributed by atoms with Crippen molar-refractivity contribution < 1.29 is 23.5 Å². The van der Waals surface area contributed by atoms with Crippen molar-refractivity contribution in [2.24, 2.45) is 0 Å². The quantitative estimate of drug-likeness (QED) is 0.679. The Hall–Kier alpha value is -2.31. The highest BCUT2D eigenvalue weighted by Gasteiger charge is 2.51. The van der Waals surface area contributed by atoms with Gasteiger partial charge >= 0.3 is 12.0 Å². The summed E-state index contributed by atoms with van der Waals surface area (Å²) in [4.78, 5) is 37.2. The van der Waals surface area contributed by atoms with Gasteiger partial charge in [-0.15, -0.1) is 0 Å². The van der Waals surface area contributed by atoms with Gasteiger partial charge in [-0.2, -0.15) is 0 Å². The van der Waals surface area contributed by atoms with Crippen molar-refractivity contribution in [3.05, 3.63) is 23.7 Å². The lowest BCUT2D eigenvalue weighted by Gasteiger charge is -2.30. The minimum Gasteiger partial charge on any atom is -0.463 e. The molecule has 1 aromatic rings. The number of methoxy groups -OCH3 is 1. The minimum atomic E-state index is -0.743. The molecular weight excluding hydrogens is 288 g/mol. The molecule has 1 spiro atoms. The minimum absolute atomic E-state index is 0.0173. The summed E-state index contributed by atoms with van der Waals surface area (Å²) in [5.74, 6) is -0.367. The molecule has 118 valence electrons. The van der Waals surface area contributed by atoms with E-state index >= 15 is 0 Å². The molecule has 22 heavy (non-hydrogen) atoms. The highest BCUT2D eigenvalue weighted by molar-refractivity contribution is 6.07. The summed E-state index contributed by atoms with van der Waals surface area (Å²) in [5, 5.41) is 2.83. The average molecular weight is 306 g/mol. The Morgan fingerprint density at radius 1 is 1.32 bits per heavy atom. The first-order valence-corrected chi connectivity index (χ1v) is 7.37. The molecule has 0 unspecified atom stereocenters. The SMILES string of the molecule is COC(=O)c1ccc(CN2C(=O)NC3(CCCCC3)C2=O)o1. The number of carbonyl (C=O) groups is 3. The van der Waals surface area contributed by atoms with Crippen LogP contribution in [0.1, 0.15) is 48.4 Å². The summed E-state index contributed by atoms with van der Waals surface area (Å²) in [6.07, 6.45) is 4.32. The zero-order chi connectivity index (χ0) is 15.7. The van der Waals surface area contributed by atoms with E-state index in [-0.39, 0.29) is 18.2 Å². The van der Waals surface area contributed by atoms with Crippen LogP contribution in [-0.2, 0) is 16.1 Å². The Labute approximate surface area is 127 Å². The van der Waals surface area contributed by atoms with Crippen LogP contribution in [0.3, 0.4) is 0 Å². The number of furan rings is 1. The molecule has 1 N–H and O–H groups in total. The average Bonchev–Trinajstić information content (AvgIpc) is 3.07. The third-order valence-corrected chi connectivity index (χ3v) is 4.32. The van der Waals surface area contributed by atoms with Gasteiger partial charge in [-0.05, 0) is 25.0 Å². The lowest BCUT2D eigenvalue weighted by molar-refractivity contribution is -0.133. The van der Waals surface area contributed by atoms with E-state index in [2.05, 4.69) is 10.1 Å². The van der Waals surface area contributed by atoms with Gasteiger partial charge in [-0.1, -0.05) is 19.3 Å². The first-order valence-electron chi connectivity index (χ1n) is 7.37. The van der Waals surface area contributed by atoms with E-state index in [0.29, 0.717) is 18.6 Å². The molecule has 0 bridgehead atoms. The Morgan fingerprint density at radius 2 is 2.05 bits per heavy atom. The lowest BCUT2D eigenvalue weighted by atomic mass is 9.82. The molecular formula is C15H18N2O5. The van der Waals surface area contributed by atoms with Crippen LogP contribution in [0.25, 0.3) is 0 Å². The monoisotopic (exact) mass is 306 g/mol. The van der Waals surface area contributed by atoms with E-state index < -0.39 is 17.5 Å². The van der Waals surface area contributed by atoms with Gasteiger partial charge < -0.3 is 14.5 Å². The summed E-state index contributed by atoms with van der Waals surface area (Å²) < 4.78 is 9.88. The number of rotatable bonds is 3. The van der Waals surface area contributed by atoms with Gasteiger partial charge in [0.25, 0.3) is 5.91 Å². The van der Waals surface area contributed by atoms with E-state index in [9.17, 15) is 14.4 Å². The number of esters is 1. The van der Waals surface area contributed by atoms with Gasteiger partial charge in [-0.25, -0.2) is 9.59 Å². The third kappa shape index (κ3) is 2.36. The molecule has 0 radical (unpaired) electrons. The maximum absolute atomic E-state index is 12.6. The predicted octanol–water partition coefficient (Wildman–Crippen LogP) is 1.82. The molecule has 0 atom stereocenters. The van der Waals surface area contributed by atoms with Crippen molar-refractivity contribution in [1.82, 2.24) is 10.2 Å². The molecule has 1 aromatic heterocycles. The number of nitrogens with one attached hydrogen (secondary N) is 1. The zero-order valence-corrected chi connectivity index (χ0v) is 12.4. The van der Waals surface area contributed by atoms with Gasteiger partial charge in [0.1, 0.15) is 11.3 Å². The summed E-state index contributed by atoms with van der Waals surface area (Å²) in [5.41, 5.74) is -0.743. The third-order valence-electron chi connectivity index (χ3n) is 4.32. The van der Waals surface area contributed by atoms with Crippen LogP contribution in [0.2, 0.25) is 0 Å². The van der Waals surface area contributed by atoms with E-state index in [1.807, 2.05) is 0 Å². The van der Waals surface area contributed by atoms with E-state index in [0.717, 1.165) is 24.2 Å². The highest BCUT2D eigenvalue weighted by atomic mass is 16.5. The molecule has 1 saturated heterocycles. The summed E-state index contributed by atoms with van der Waals surface area (Å²) in [6, 6.07) is 2.64. The molecule has 7 heteroatoms. The van der Waals surface area contributed by atoms with E-state index in [1.165, 1.54) is 13.2 Å². The van der Waals surface area contributed by atoms with Crippen LogP contribution < -0.4 is 5.32 Å². The van der Waals surface area contributed by atoms with Crippen LogP contribution in [-0.4, -0.2) is 35.5 Å². The number of urea groups is 1. The van der Waals surface area contributed by atoms with E-state index in [1.54, 1.807) is 6.07 Å². The maximum atomic E-state index is 12.6. The number of ether oxygens (including phenoxy) is 1. The van der Waals surface area contributed by atoms with Crippen molar-refractivity contribution in [3.63, 3.8) is 0 Å². The Kier molecular flexibility index (Phi) is 3.64. The fourth-order valence-electron chi connectivity index (χ4n) is 3.14. The number of amides is 3. The molecule has 2 fully saturated rings. The fourth-order valence-corrected chi connectivity index (χ4v) is 3.14. The molecule has 3 amide bonds. The number of imide groups is 1. The molecule has 1 aliphatic carbocycles. The lowest BCUT2D eigenvalue weighted by Crippen LogP contribution is -2.48. The van der Waals surface area contributed by atoms with Crippen LogP contribution in [0.5, 0.6) is 0 Å². The topological polar surface area (TPSA) is 88.9 Å².